The molecule has 6 heteroatoms. The zero-order valence-corrected chi connectivity index (χ0v) is 14.5. The van der Waals surface area contributed by atoms with Crippen molar-refractivity contribution in [3.8, 4) is 11.5 Å². The molecule has 0 saturated carbocycles. The fourth-order valence-electron chi connectivity index (χ4n) is 2.44. The number of aromatic nitrogens is 1. The lowest BCUT2D eigenvalue weighted by molar-refractivity contribution is 0.102. The summed E-state index contributed by atoms with van der Waals surface area (Å²) in [6.07, 6.45) is 1.63. The molecule has 0 atom stereocenters. The van der Waals surface area contributed by atoms with Crippen LogP contribution in [0.3, 0.4) is 0 Å². The van der Waals surface area contributed by atoms with Crippen LogP contribution in [0.25, 0.3) is 0 Å². The summed E-state index contributed by atoms with van der Waals surface area (Å²) in [5.41, 5.74) is 1.82. The highest BCUT2D eigenvalue weighted by Gasteiger charge is 2.14. The van der Waals surface area contributed by atoms with E-state index in [0.29, 0.717) is 22.8 Å². The van der Waals surface area contributed by atoms with Crippen LogP contribution in [0, 0.1) is 0 Å². The molecule has 0 fully saturated rings. The summed E-state index contributed by atoms with van der Waals surface area (Å²) in [6.45, 7) is 0. The summed E-state index contributed by atoms with van der Waals surface area (Å²) >= 11 is 0. The summed E-state index contributed by atoms with van der Waals surface area (Å²) in [5, 5.41) is 6.02. The average molecular weight is 349 g/mol. The summed E-state index contributed by atoms with van der Waals surface area (Å²) in [6, 6.07) is 18.0. The molecule has 3 aromatic rings. The van der Waals surface area contributed by atoms with Gasteiger partial charge in [0.05, 0.1) is 25.5 Å². The standard InChI is InChI=1S/C20H19N3O3/c1-25-15-11-9-14(10-12-15)22-20(24)16-6-5-13-21-19(16)23-17-7-3-4-8-18(17)26-2/h3-13H,1-2H3,(H,21,23)(H,22,24). The number of pyridine rings is 1. The molecule has 1 aromatic heterocycles. The molecule has 26 heavy (non-hydrogen) atoms. The minimum absolute atomic E-state index is 0.263. The van der Waals surface area contributed by atoms with Crippen LogP contribution in [-0.2, 0) is 0 Å². The van der Waals surface area contributed by atoms with E-state index in [1.165, 1.54) is 0 Å². The lowest BCUT2D eigenvalue weighted by Gasteiger charge is -2.13. The second kappa shape index (κ2) is 8.02. The molecule has 3 rings (SSSR count). The van der Waals surface area contributed by atoms with Gasteiger partial charge in [0.1, 0.15) is 17.3 Å². The van der Waals surface area contributed by atoms with Gasteiger partial charge in [0.25, 0.3) is 5.91 Å². The largest absolute Gasteiger partial charge is 0.497 e. The van der Waals surface area contributed by atoms with Gasteiger partial charge in [-0.05, 0) is 48.5 Å². The second-order valence-electron chi connectivity index (χ2n) is 5.41. The molecule has 2 N–H and O–H groups in total. The molecule has 0 saturated heterocycles. The van der Waals surface area contributed by atoms with Crippen LogP contribution in [0.1, 0.15) is 10.4 Å². The van der Waals surface area contributed by atoms with Crippen molar-refractivity contribution in [3.63, 3.8) is 0 Å². The first-order valence-electron chi connectivity index (χ1n) is 8.01. The van der Waals surface area contributed by atoms with E-state index in [0.717, 1.165) is 11.4 Å². The fourth-order valence-corrected chi connectivity index (χ4v) is 2.44. The van der Waals surface area contributed by atoms with Crippen LogP contribution >= 0.6 is 0 Å². The van der Waals surface area contributed by atoms with Gasteiger partial charge in [-0.1, -0.05) is 12.1 Å². The number of rotatable bonds is 6. The first-order chi connectivity index (χ1) is 12.7. The molecule has 0 unspecified atom stereocenters. The summed E-state index contributed by atoms with van der Waals surface area (Å²) in [4.78, 5) is 17.0. The quantitative estimate of drug-likeness (QED) is 0.701. The number of carbonyl (C=O) groups excluding carboxylic acids is 1. The normalized spacial score (nSPS) is 10.1. The molecule has 0 aliphatic heterocycles. The number of para-hydroxylation sites is 2. The van der Waals surface area contributed by atoms with Gasteiger partial charge in [-0.2, -0.15) is 0 Å². The van der Waals surface area contributed by atoms with E-state index in [2.05, 4.69) is 15.6 Å². The van der Waals surface area contributed by atoms with Gasteiger partial charge < -0.3 is 20.1 Å². The highest BCUT2D eigenvalue weighted by Crippen LogP contribution is 2.28. The topological polar surface area (TPSA) is 72.5 Å². The third-order valence-electron chi connectivity index (χ3n) is 3.76. The molecular weight excluding hydrogens is 330 g/mol. The van der Waals surface area contributed by atoms with Crippen LogP contribution in [0.5, 0.6) is 11.5 Å². The Morgan fingerprint density at radius 3 is 2.42 bits per heavy atom. The number of nitrogens with zero attached hydrogens (tertiary/aromatic N) is 1. The molecule has 0 bridgehead atoms. The Balaban J connectivity index is 1.82. The number of methoxy groups -OCH3 is 2. The maximum atomic E-state index is 12.7. The second-order valence-corrected chi connectivity index (χ2v) is 5.41. The van der Waals surface area contributed by atoms with Crippen LogP contribution in [0.15, 0.2) is 66.9 Å². The Kier molecular flexibility index (Phi) is 5.34. The van der Waals surface area contributed by atoms with Crippen molar-refractivity contribution < 1.29 is 14.3 Å². The van der Waals surface area contributed by atoms with Gasteiger partial charge >= 0.3 is 0 Å². The zero-order valence-electron chi connectivity index (χ0n) is 14.5. The molecule has 2 aromatic carbocycles. The monoisotopic (exact) mass is 349 g/mol. The first-order valence-corrected chi connectivity index (χ1v) is 8.01. The average Bonchev–Trinajstić information content (AvgIpc) is 2.69. The van der Waals surface area contributed by atoms with E-state index in [4.69, 9.17) is 9.47 Å². The van der Waals surface area contributed by atoms with Crippen LogP contribution in [0.4, 0.5) is 17.2 Å². The molecule has 1 heterocycles. The van der Waals surface area contributed by atoms with Crippen molar-refractivity contribution in [1.82, 2.24) is 4.98 Å². The minimum atomic E-state index is -0.263. The minimum Gasteiger partial charge on any atom is -0.497 e. The number of hydrogen-bond acceptors (Lipinski definition) is 5. The molecule has 132 valence electrons. The van der Waals surface area contributed by atoms with Crippen molar-refractivity contribution in [1.29, 1.82) is 0 Å². The van der Waals surface area contributed by atoms with Crippen molar-refractivity contribution in [2.24, 2.45) is 0 Å². The Bertz CT molecular complexity index is 895. The Morgan fingerprint density at radius 1 is 0.923 bits per heavy atom. The molecule has 1 amide bonds. The van der Waals surface area contributed by atoms with E-state index in [1.54, 1.807) is 56.8 Å². The maximum absolute atomic E-state index is 12.7. The van der Waals surface area contributed by atoms with Crippen molar-refractivity contribution in [3.05, 3.63) is 72.4 Å². The van der Waals surface area contributed by atoms with Crippen LogP contribution in [0.2, 0.25) is 0 Å². The SMILES string of the molecule is COc1ccc(NC(=O)c2cccnc2Nc2ccccc2OC)cc1. The molecule has 0 radical (unpaired) electrons. The lowest BCUT2D eigenvalue weighted by atomic mass is 10.2. The Hall–Kier alpha value is -3.54. The molecule has 0 spiro atoms. The summed E-state index contributed by atoms with van der Waals surface area (Å²) in [7, 11) is 3.19. The van der Waals surface area contributed by atoms with Crippen LogP contribution in [-0.4, -0.2) is 25.1 Å². The van der Waals surface area contributed by atoms with E-state index in [-0.39, 0.29) is 5.91 Å². The third-order valence-corrected chi connectivity index (χ3v) is 3.76. The molecule has 0 aliphatic rings. The number of carbonyl (C=O) groups is 1. The summed E-state index contributed by atoms with van der Waals surface area (Å²) in [5.74, 6) is 1.58. The number of anilines is 3. The third kappa shape index (κ3) is 3.92. The smallest absolute Gasteiger partial charge is 0.259 e. The maximum Gasteiger partial charge on any atom is 0.259 e. The van der Waals surface area contributed by atoms with Gasteiger partial charge in [0.15, 0.2) is 0 Å². The number of ether oxygens (including phenoxy) is 2. The van der Waals surface area contributed by atoms with Crippen molar-refractivity contribution in [2.45, 2.75) is 0 Å². The Labute approximate surface area is 151 Å². The van der Waals surface area contributed by atoms with Gasteiger partial charge in [0, 0.05) is 11.9 Å². The van der Waals surface area contributed by atoms with E-state index < -0.39 is 0 Å². The van der Waals surface area contributed by atoms with Gasteiger partial charge in [0.2, 0.25) is 0 Å². The highest BCUT2D eigenvalue weighted by molar-refractivity contribution is 6.07. The molecular formula is C20H19N3O3. The zero-order chi connectivity index (χ0) is 18.4. The highest BCUT2D eigenvalue weighted by atomic mass is 16.5. The summed E-state index contributed by atoms with van der Waals surface area (Å²) < 4.78 is 10.5. The van der Waals surface area contributed by atoms with Gasteiger partial charge in [-0.25, -0.2) is 4.98 Å². The predicted octanol–water partition coefficient (Wildman–Crippen LogP) is 4.09. The van der Waals surface area contributed by atoms with E-state index in [9.17, 15) is 4.79 Å². The Morgan fingerprint density at radius 2 is 1.69 bits per heavy atom. The van der Waals surface area contributed by atoms with E-state index >= 15 is 0 Å². The first kappa shape index (κ1) is 17.3. The van der Waals surface area contributed by atoms with Gasteiger partial charge in [-0.3, -0.25) is 4.79 Å². The van der Waals surface area contributed by atoms with Gasteiger partial charge in [-0.15, -0.1) is 0 Å². The van der Waals surface area contributed by atoms with Crippen LogP contribution < -0.4 is 20.1 Å². The number of benzene rings is 2. The van der Waals surface area contributed by atoms with Crippen molar-refractivity contribution >= 4 is 23.1 Å². The predicted molar refractivity (Wildman–Crippen MR) is 101 cm³/mol. The molecule has 0 aliphatic carbocycles. The lowest BCUT2D eigenvalue weighted by Crippen LogP contribution is -2.14. The van der Waals surface area contributed by atoms with Crippen molar-refractivity contribution in [2.75, 3.05) is 24.9 Å². The van der Waals surface area contributed by atoms with E-state index in [1.807, 2.05) is 24.3 Å². The number of amides is 1. The number of hydrogen-bond donors (Lipinski definition) is 2. The number of nitrogens with one attached hydrogen (secondary N) is 2. The molecule has 6 nitrogen and oxygen atoms in total. The fraction of sp³-hybridized carbons (Fsp3) is 0.100.